The SMILES string of the molecule is C=CC(=C\C=C/C)/C(=C1/C(=C(c2ccccc2)c2ccccc2)C(c2ccccc2)=C1c1ccccc1)c1ccccc1. The highest BCUT2D eigenvalue weighted by Gasteiger charge is 2.37. The van der Waals surface area contributed by atoms with Gasteiger partial charge < -0.3 is 0 Å². The van der Waals surface area contributed by atoms with Crippen LogP contribution in [0.1, 0.15) is 34.7 Å². The van der Waals surface area contributed by atoms with Gasteiger partial charge in [-0.05, 0) is 73.8 Å². The highest BCUT2D eigenvalue weighted by atomic mass is 14.4. The molecular formula is C43H34. The largest absolute Gasteiger partial charge is 0.0984 e. The lowest BCUT2D eigenvalue weighted by Crippen LogP contribution is -2.17. The molecule has 0 saturated heterocycles. The number of allylic oxidation sites excluding steroid dienone is 10. The molecule has 0 spiro atoms. The van der Waals surface area contributed by atoms with Crippen molar-refractivity contribution in [3.63, 3.8) is 0 Å². The summed E-state index contributed by atoms with van der Waals surface area (Å²) in [5, 5.41) is 0. The minimum atomic E-state index is 1.08. The van der Waals surface area contributed by atoms with Crippen LogP contribution in [0.25, 0.3) is 22.3 Å². The van der Waals surface area contributed by atoms with Gasteiger partial charge in [0.05, 0.1) is 0 Å². The molecule has 0 amide bonds. The summed E-state index contributed by atoms with van der Waals surface area (Å²) in [5.41, 5.74) is 14.4. The van der Waals surface area contributed by atoms with Gasteiger partial charge in [0.15, 0.2) is 0 Å². The van der Waals surface area contributed by atoms with E-state index >= 15 is 0 Å². The lowest BCUT2D eigenvalue weighted by Gasteiger charge is -2.37. The molecule has 0 heterocycles. The van der Waals surface area contributed by atoms with Crippen molar-refractivity contribution in [1.82, 2.24) is 0 Å². The van der Waals surface area contributed by atoms with Crippen molar-refractivity contribution in [2.75, 3.05) is 0 Å². The first-order chi connectivity index (χ1) is 21.3. The molecule has 5 aromatic carbocycles. The smallest absolute Gasteiger partial charge is 0.000139 e. The van der Waals surface area contributed by atoms with Crippen molar-refractivity contribution in [2.24, 2.45) is 0 Å². The Morgan fingerprint density at radius 1 is 0.488 bits per heavy atom. The van der Waals surface area contributed by atoms with Gasteiger partial charge >= 0.3 is 0 Å². The molecule has 0 heteroatoms. The van der Waals surface area contributed by atoms with Crippen LogP contribution >= 0.6 is 0 Å². The number of hydrogen-bond acceptors (Lipinski definition) is 0. The molecule has 0 N–H and O–H groups in total. The Kier molecular flexibility index (Phi) is 8.39. The Balaban J connectivity index is 1.87. The Bertz CT molecular complexity index is 1820. The van der Waals surface area contributed by atoms with Gasteiger partial charge in [-0.1, -0.05) is 183 Å². The maximum absolute atomic E-state index is 4.29. The number of rotatable bonds is 8. The van der Waals surface area contributed by atoms with Crippen molar-refractivity contribution < 1.29 is 0 Å². The number of benzene rings is 5. The summed E-state index contributed by atoms with van der Waals surface area (Å²) in [4.78, 5) is 0. The normalized spacial score (nSPS) is 14.4. The molecule has 206 valence electrons. The van der Waals surface area contributed by atoms with Crippen LogP contribution in [-0.4, -0.2) is 0 Å². The van der Waals surface area contributed by atoms with Crippen LogP contribution in [0.2, 0.25) is 0 Å². The Morgan fingerprint density at radius 3 is 1.30 bits per heavy atom. The molecule has 0 bridgehead atoms. The van der Waals surface area contributed by atoms with E-state index in [-0.39, 0.29) is 0 Å². The molecule has 0 atom stereocenters. The first-order valence-corrected chi connectivity index (χ1v) is 14.8. The minimum absolute atomic E-state index is 1.08. The molecule has 0 saturated carbocycles. The van der Waals surface area contributed by atoms with Crippen molar-refractivity contribution in [3.05, 3.63) is 227 Å². The lowest BCUT2D eigenvalue weighted by molar-refractivity contribution is 1.39. The molecule has 0 aliphatic heterocycles. The average molecular weight is 551 g/mol. The van der Waals surface area contributed by atoms with Gasteiger partial charge in [-0.15, -0.1) is 0 Å². The van der Waals surface area contributed by atoms with Crippen LogP contribution in [0.3, 0.4) is 0 Å². The summed E-state index contributed by atoms with van der Waals surface area (Å²) < 4.78 is 0. The fraction of sp³-hybridized carbons (Fsp3) is 0.0233. The third-order valence-corrected chi connectivity index (χ3v) is 7.79. The zero-order chi connectivity index (χ0) is 29.4. The molecule has 0 aromatic heterocycles. The van der Waals surface area contributed by atoms with E-state index in [1.54, 1.807) is 0 Å². The monoisotopic (exact) mass is 550 g/mol. The first kappa shape index (κ1) is 27.7. The summed E-state index contributed by atoms with van der Waals surface area (Å²) in [6.07, 6.45) is 8.33. The van der Waals surface area contributed by atoms with Crippen LogP contribution in [0.5, 0.6) is 0 Å². The maximum Gasteiger partial charge on any atom is -0.000139 e. The zero-order valence-electron chi connectivity index (χ0n) is 24.5. The fourth-order valence-electron chi connectivity index (χ4n) is 5.90. The molecular weight excluding hydrogens is 516 g/mol. The van der Waals surface area contributed by atoms with Gasteiger partial charge in [-0.2, -0.15) is 0 Å². The van der Waals surface area contributed by atoms with E-state index in [4.69, 9.17) is 0 Å². The molecule has 6 rings (SSSR count). The second kappa shape index (κ2) is 13.0. The standard InChI is InChI=1S/C43H34/c1-3-5-21-32(4-2)38(33-22-11-6-12-23-33)42-40(36-28-17-9-18-29-36)41(37-30-19-10-20-31-37)43(42)39(34-24-13-7-14-25-34)35-26-15-8-16-27-35/h3-31H,2H2,1H3/b5-3-,32-21+,42-38-. The predicted octanol–water partition coefficient (Wildman–Crippen LogP) is 11.3. The Morgan fingerprint density at radius 2 is 0.884 bits per heavy atom. The quantitative estimate of drug-likeness (QED) is 0.169. The molecule has 0 nitrogen and oxygen atoms in total. The predicted molar refractivity (Wildman–Crippen MR) is 185 cm³/mol. The van der Waals surface area contributed by atoms with Gasteiger partial charge in [0.1, 0.15) is 0 Å². The van der Waals surface area contributed by atoms with E-state index in [1.165, 1.54) is 55.7 Å². The maximum atomic E-state index is 4.29. The van der Waals surface area contributed by atoms with Crippen molar-refractivity contribution in [1.29, 1.82) is 0 Å². The zero-order valence-corrected chi connectivity index (χ0v) is 24.5. The summed E-state index contributed by atoms with van der Waals surface area (Å²) >= 11 is 0. The van der Waals surface area contributed by atoms with E-state index in [2.05, 4.69) is 176 Å². The molecule has 1 aliphatic rings. The van der Waals surface area contributed by atoms with Gasteiger partial charge in [-0.3, -0.25) is 0 Å². The highest BCUT2D eigenvalue weighted by molar-refractivity contribution is 6.26. The van der Waals surface area contributed by atoms with Crippen LogP contribution in [0.4, 0.5) is 0 Å². The van der Waals surface area contributed by atoms with Gasteiger partial charge in [-0.25, -0.2) is 0 Å². The molecule has 5 aromatic rings. The Hall–Kier alpha value is -5.46. The third kappa shape index (κ3) is 5.56. The molecule has 0 fully saturated rings. The summed E-state index contributed by atoms with van der Waals surface area (Å²) in [6, 6.07) is 53.9. The summed E-state index contributed by atoms with van der Waals surface area (Å²) in [7, 11) is 0. The molecule has 0 radical (unpaired) electrons. The van der Waals surface area contributed by atoms with Crippen LogP contribution in [0, 0.1) is 0 Å². The fourth-order valence-corrected chi connectivity index (χ4v) is 5.90. The van der Waals surface area contributed by atoms with Crippen molar-refractivity contribution >= 4 is 22.3 Å². The van der Waals surface area contributed by atoms with Crippen LogP contribution in [0.15, 0.2) is 199 Å². The van der Waals surface area contributed by atoms with Crippen LogP contribution < -0.4 is 0 Å². The van der Waals surface area contributed by atoms with E-state index in [0.29, 0.717) is 0 Å². The van der Waals surface area contributed by atoms with Crippen LogP contribution in [-0.2, 0) is 0 Å². The number of hydrogen-bond donors (Lipinski definition) is 0. The Labute approximate surface area is 255 Å². The molecule has 1 aliphatic carbocycles. The average Bonchev–Trinajstić information content (AvgIpc) is 3.08. The van der Waals surface area contributed by atoms with E-state index in [9.17, 15) is 0 Å². The second-order valence-electron chi connectivity index (χ2n) is 10.4. The van der Waals surface area contributed by atoms with Gasteiger partial charge in [0.2, 0.25) is 0 Å². The topological polar surface area (TPSA) is 0 Å². The van der Waals surface area contributed by atoms with Crippen molar-refractivity contribution in [3.8, 4) is 0 Å². The summed E-state index contributed by atoms with van der Waals surface area (Å²) in [5.74, 6) is 0. The molecule has 0 unspecified atom stereocenters. The molecule has 43 heavy (non-hydrogen) atoms. The highest BCUT2D eigenvalue weighted by Crippen LogP contribution is 2.58. The van der Waals surface area contributed by atoms with E-state index in [1.807, 2.05) is 13.0 Å². The van der Waals surface area contributed by atoms with Gasteiger partial charge in [0.25, 0.3) is 0 Å². The lowest BCUT2D eigenvalue weighted by atomic mass is 9.65. The third-order valence-electron chi connectivity index (χ3n) is 7.79. The second-order valence-corrected chi connectivity index (χ2v) is 10.4. The van der Waals surface area contributed by atoms with Crippen molar-refractivity contribution in [2.45, 2.75) is 6.92 Å². The van der Waals surface area contributed by atoms with Gasteiger partial charge in [0, 0.05) is 0 Å². The van der Waals surface area contributed by atoms with E-state index in [0.717, 1.165) is 11.1 Å². The minimum Gasteiger partial charge on any atom is -0.0984 e. The first-order valence-electron chi connectivity index (χ1n) is 14.8. The van der Waals surface area contributed by atoms with E-state index < -0.39 is 0 Å². The summed E-state index contributed by atoms with van der Waals surface area (Å²) in [6.45, 7) is 6.34.